The summed E-state index contributed by atoms with van der Waals surface area (Å²) in [4.78, 5) is 18.8. The number of aryl methyl sites for hydroxylation is 1. The molecule has 7 nitrogen and oxygen atoms in total. The number of hydrogen-bond acceptors (Lipinski definition) is 4. The second-order valence-electron chi connectivity index (χ2n) is 9.43. The van der Waals surface area contributed by atoms with Crippen LogP contribution in [0.1, 0.15) is 32.6 Å². The maximum Gasteiger partial charge on any atom is 0.416 e. The molecule has 0 aliphatic carbocycles. The van der Waals surface area contributed by atoms with Crippen LogP contribution in [0.25, 0.3) is 11.1 Å². The molecule has 4 rings (SSSR count). The van der Waals surface area contributed by atoms with Crippen molar-refractivity contribution in [2.45, 2.75) is 25.8 Å². The van der Waals surface area contributed by atoms with E-state index in [9.17, 15) is 36.3 Å². The fourth-order valence-corrected chi connectivity index (χ4v) is 4.46. The molecule has 0 spiro atoms. The van der Waals surface area contributed by atoms with Crippen molar-refractivity contribution in [2.75, 3.05) is 33.4 Å². The van der Waals surface area contributed by atoms with Gasteiger partial charge >= 0.3 is 12.4 Å². The smallest absolute Gasteiger partial charge is 0.416 e. The van der Waals surface area contributed by atoms with Crippen molar-refractivity contribution in [2.24, 2.45) is 0 Å². The molecule has 216 valence electrons. The molecule has 3 aromatic rings. The summed E-state index contributed by atoms with van der Waals surface area (Å²) >= 11 is 0. The summed E-state index contributed by atoms with van der Waals surface area (Å²) in [5, 5.41) is 13.4. The number of alkyl halides is 6. The topological polar surface area (TPSA) is 97.0 Å². The third-order valence-corrected chi connectivity index (χ3v) is 6.58. The van der Waals surface area contributed by atoms with Gasteiger partial charge in [-0.1, -0.05) is 24.3 Å². The molecular formula is C27H27F6N3O4. The van der Waals surface area contributed by atoms with Gasteiger partial charge in [0.05, 0.1) is 29.9 Å². The number of carbonyl (C=O) groups excluding carboxylic acids is 1. The lowest BCUT2D eigenvalue weighted by Crippen LogP contribution is -2.52. The molecule has 0 radical (unpaired) electrons. The Labute approximate surface area is 226 Å². The average molecular weight is 572 g/mol. The summed E-state index contributed by atoms with van der Waals surface area (Å²) in [7, 11) is 1.27. The molecule has 1 aliphatic rings. The Morgan fingerprint density at radius 3 is 2.10 bits per heavy atom. The van der Waals surface area contributed by atoms with Crippen LogP contribution >= 0.6 is 0 Å². The number of ether oxygens (including phenoxy) is 1. The average Bonchev–Trinajstić information content (AvgIpc) is 2.87. The molecule has 2 N–H and O–H groups in total. The number of hydroxylamine groups is 2. The van der Waals surface area contributed by atoms with Crippen molar-refractivity contribution in [3.05, 3.63) is 87.8 Å². The summed E-state index contributed by atoms with van der Waals surface area (Å²) in [5.41, 5.74) is -1.40. The van der Waals surface area contributed by atoms with E-state index >= 15 is 0 Å². The van der Waals surface area contributed by atoms with Crippen LogP contribution in [0.5, 0.6) is 0 Å². The van der Waals surface area contributed by atoms with Crippen LogP contribution < -0.4 is 4.65 Å². The lowest BCUT2D eigenvalue weighted by molar-refractivity contribution is -0.143. The quantitative estimate of drug-likeness (QED) is 0.234. The number of benzene rings is 2. The minimum absolute atomic E-state index is 0. The summed E-state index contributed by atoms with van der Waals surface area (Å²) < 4.78 is 84.4. The van der Waals surface area contributed by atoms with Crippen molar-refractivity contribution in [3.8, 4) is 11.1 Å². The number of halogens is 6. The number of pyridine rings is 1. The van der Waals surface area contributed by atoms with Gasteiger partial charge in [0.15, 0.2) is 0 Å². The molecule has 1 aromatic heterocycles. The summed E-state index contributed by atoms with van der Waals surface area (Å²) in [5.74, 6) is -0.513. The number of morpholine rings is 1. The van der Waals surface area contributed by atoms with E-state index in [4.69, 9.17) is 4.74 Å². The predicted molar refractivity (Wildman–Crippen MR) is 136 cm³/mol. The third kappa shape index (κ3) is 6.61. The molecule has 1 aliphatic heterocycles. The first-order valence-electron chi connectivity index (χ1n) is 12.0. The SMILES string of the molecule is Cc1ccccc1-c1cc([N+]2([O-])CCOCC2)ncc1C(=O)N(C)Cc1cc(C(F)(F)F)cc(C(F)(F)F)c1.O. The van der Waals surface area contributed by atoms with Crippen LogP contribution in [-0.2, 0) is 23.6 Å². The molecule has 0 atom stereocenters. The molecule has 2 aromatic carbocycles. The number of carbonyl (C=O) groups is 1. The number of hydrogen-bond donors (Lipinski definition) is 0. The Balaban J connectivity index is 0.00000441. The van der Waals surface area contributed by atoms with Gasteiger partial charge in [-0.05, 0) is 41.8 Å². The van der Waals surface area contributed by atoms with E-state index in [1.807, 2.05) is 13.0 Å². The standard InChI is InChI=1S/C27H25F6N3O3.H2O/c1-17-5-3-4-6-21(17)22-14-24(36(38)7-9-39-10-8-36)34-15-23(22)25(37)35(2)16-18-11-19(26(28,29)30)13-20(12-18)27(31,32)33;/h3-6,11-15H,7-10,16H2,1-2H3;1H2. The molecule has 1 fully saturated rings. The fourth-order valence-electron chi connectivity index (χ4n) is 4.46. The highest BCUT2D eigenvalue weighted by Gasteiger charge is 2.37. The number of aromatic nitrogens is 1. The van der Waals surface area contributed by atoms with Gasteiger partial charge in [0, 0.05) is 31.4 Å². The van der Waals surface area contributed by atoms with E-state index in [0.717, 1.165) is 10.5 Å². The zero-order valence-corrected chi connectivity index (χ0v) is 21.6. The van der Waals surface area contributed by atoms with Crippen LogP contribution in [0.3, 0.4) is 0 Å². The first-order valence-corrected chi connectivity index (χ1v) is 12.0. The predicted octanol–water partition coefficient (Wildman–Crippen LogP) is 5.38. The minimum Gasteiger partial charge on any atom is -0.626 e. The Morgan fingerprint density at radius 2 is 1.55 bits per heavy atom. The van der Waals surface area contributed by atoms with Crippen molar-refractivity contribution < 1.29 is 41.4 Å². The highest BCUT2D eigenvalue weighted by Crippen LogP contribution is 2.37. The number of amides is 1. The number of quaternary nitrogens is 1. The summed E-state index contributed by atoms with van der Waals surface area (Å²) in [6.07, 6.45) is -8.78. The Kier molecular flexibility index (Phi) is 8.94. The van der Waals surface area contributed by atoms with Crippen LogP contribution in [0, 0.1) is 12.1 Å². The van der Waals surface area contributed by atoms with E-state index < -0.39 is 40.6 Å². The number of rotatable bonds is 5. The van der Waals surface area contributed by atoms with Gasteiger partial charge in [-0.15, -0.1) is 0 Å². The lowest BCUT2D eigenvalue weighted by atomic mass is 9.96. The zero-order valence-electron chi connectivity index (χ0n) is 21.6. The largest absolute Gasteiger partial charge is 0.626 e. The van der Waals surface area contributed by atoms with Gasteiger partial charge in [-0.3, -0.25) is 4.79 Å². The first kappa shape index (κ1) is 31.0. The van der Waals surface area contributed by atoms with Gasteiger partial charge in [-0.2, -0.15) is 26.3 Å². The van der Waals surface area contributed by atoms with Gasteiger partial charge in [-0.25, -0.2) is 4.98 Å². The Bertz CT molecular complexity index is 1340. The molecule has 1 amide bonds. The normalized spacial score (nSPS) is 15.3. The van der Waals surface area contributed by atoms with Gasteiger partial charge in [0.2, 0.25) is 5.82 Å². The molecule has 0 unspecified atom stereocenters. The second-order valence-corrected chi connectivity index (χ2v) is 9.43. The fraction of sp³-hybridized carbons (Fsp3) is 0.333. The van der Waals surface area contributed by atoms with Crippen molar-refractivity contribution >= 4 is 11.7 Å². The maximum absolute atomic E-state index is 13.5. The van der Waals surface area contributed by atoms with Gasteiger partial charge in [0.1, 0.15) is 13.1 Å². The minimum atomic E-state index is -5.01. The van der Waals surface area contributed by atoms with Crippen molar-refractivity contribution in [3.63, 3.8) is 0 Å². The van der Waals surface area contributed by atoms with E-state index in [2.05, 4.69) is 4.98 Å². The Morgan fingerprint density at radius 1 is 0.975 bits per heavy atom. The van der Waals surface area contributed by atoms with Crippen LogP contribution in [0.2, 0.25) is 0 Å². The molecular weight excluding hydrogens is 544 g/mol. The van der Waals surface area contributed by atoms with Crippen LogP contribution in [-0.4, -0.2) is 54.6 Å². The van der Waals surface area contributed by atoms with E-state index in [1.54, 1.807) is 18.2 Å². The molecule has 13 heteroatoms. The molecule has 40 heavy (non-hydrogen) atoms. The molecule has 0 saturated carbocycles. The first-order chi connectivity index (χ1) is 18.2. The number of nitrogens with zero attached hydrogens (tertiary/aromatic N) is 3. The monoisotopic (exact) mass is 571 g/mol. The highest BCUT2D eigenvalue weighted by molar-refractivity contribution is 6.01. The van der Waals surface area contributed by atoms with E-state index in [-0.39, 0.29) is 54.8 Å². The maximum atomic E-state index is 13.5. The third-order valence-electron chi connectivity index (χ3n) is 6.58. The van der Waals surface area contributed by atoms with Crippen molar-refractivity contribution in [1.29, 1.82) is 0 Å². The van der Waals surface area contributed by atoms with Crippen molar-refractivity contribution in [1.82, 2.24) is 14.5 Å². The van der Waals surface area contributed by atoms with Crippen LogP contribution in [0.15, 0.2) is 54.7 Å². The molecule has 1 saturated heterocycles. The van der Waals surface area contributed by atoms with E-state index in [0.29, 0.717) is 23.3 Å². The van der Waals surface area contributed by atoms with E-state index in [1.165, 1.54) is 19.3 Å². The van der Waals surface area contributed by atoms with Gasteiger partial charge in [0.25, 0.3) is 5.91 Å². The summed E-state index contributed by atoms with van der Waals surface area (Å²) in [6, 6.07) is 9.85. The Hall–Kier alpha value is -3.52. The van der Waals surface area contributed by atoms with Crippen LogP contribution in [0.4, 0.5) is 32.2 Å². The van der Waals surface area contributed by atoms with Gasteiger partial charge < -0.3 is 25.0 Å². The molecule has 0 bridgehead atoms. The lowest BCUT2D eigenvalue weighted by Gasteiger charge is -2.43. The highest BCUT2D eigenvalue weighted by atomic mass is 19.4. The second kappa shape index (κ2) is 11.5. The molecule has 2 heterocycles. The zero-order chi connectivity index (χ0) is 28.6. The summed E-state index contributed by atoms with van der Waals surface area (Å²) in [6.45, 7) is 2.02.